The Hall–Kier alpha value is -3.67. The summed E-state index contributed by atoms with van der Waals surface area (Å²) in [6.07, 6.45) is 3.73. The molecule has 0 radical (unpaired) electrons. The molecular formula is C22H18N4O2. The van der Waals surface area contributed by atoms with Gasteiger partial charge >= 0.3 is 0 Å². The summed E-state index contributed by atoms with van der Waals surface area (Å²) in [5, 5.41) is 13.8. The summed E-state index contributed by atoms with van der Waals surface area (Å²) in [6.45, 7) is 1.77. The van der Waals surface area contributed by atoms with E-state index in [-0.39, 0.29) is 5.91 Å². The van der Waals surface area contributed by atoms with E-state index in [2.05, 4.69) is 51.1 Å². The lowest BCUT2D eigenvalue weighted by Crippen LogP contribution is -2.19. The average Bonchev–Trinajstić information content (AvgIpc) is 3.47. The SMILES string of the molecule is C/C(=N/NC(=O)c1cc(-c2ccc3c4c(cccc24)CC3)n[nH]1)c1ccco1. The van der Waals surface area contributed by atoms with Crippen LogP contribution in [0, 0.1) is 0 Å². The van der Waals surface area contributed by atoms with Crippen molar-refractivity contribution >= 4 is 22.4 Å². The molecule has 6 nitrogen and oxygen atoms in total. The minimum absolute atomic E-state index is 0.351. The second kappa shape index (κ2) is 6.49. The Labute approximate surface area is 161 Å². The van der Waals surface area contributed by atoms with Gasteiger partial charge in [0.25, 0.3) is 5.91 Å². The second-order valence-corrected chi connectivity index (χ2v) is 6.89. The van der Waals surface area contributed by atoms with E-state index in [1.807, 2.05) is 0 Å². The van der Waals surface area contributed by atoms with Crippen molar-refractivity contribution in [3.05, 3.63) is 77.4 Å². The maximum Gasteiger partial charge on any atom is 0.289 e. The van der Waals surface area contributed by atoms with Crippen molar-refractivity contribution in [3.63, 3.8) is 0 Å². The van der Waals surface area contributed by atoms with E-state index in [4.69, 9.17) is 4.42 Å². The molecule has 1 amide bonds. The van der Waals surface area contributed by atoms with E-state index in [0.29, 0.717) is 17.2 Å². The van der Waals surface area contributed by atoms with Gasteiger partial charge in [-0.2, -0.15) is 10.2 Å². The number of H-pyrrole nitrogens is 1. The fourth-order valence-corrected chi connectivity index (χ4v) is 3.78. The molecule has 6 heteroatoms. The predicted molar refractivity (Wildman–Crippen MR) is 107 cm³/mol. The molecule has 0 spiro atoms. The van der Waals surface area contributed by atoms with Gasteiger partial charge in [0, 0.05) is 5.56 Å². The largest absolute Gasteiger partial charge is 0.463 e. The van der Waals surface area contributed by atoms with Crippen LogP contribution in [0.4, 0.5) is 0 Å². The fourth-order valence-electron chi connectivity index (χ4n) is 3.78. The van der Waals surface area contributed by atoms with Crippen molar-refractivity contribution in [3.8, 4) is 11.3 Å². The minimum Gasteiger partial charge on any atom is -0.463 e. The Morgan fingerprint density at radius 2 is 2.00 bits per heavy atom. The monoisotopic (exact) mass is 370 g/mol. The highest BCUT2D eigenvalue weighted by molar-refractivity contribution is 6.02. The first-order chi connectivity index (χ1) is 13.7. The normalized spacial score (nSPS) is 13.2. The second-order valence-electron chi connectivity index (χ2n) is 6.89. The van der Waals surface area contributed by atoms with Crippen molar-refractivity contribution in [2.75, 3.05) is 0 Å². The zero-order chi connectivity index (χ0) is 19.1. The van der Waals surface area contributed by atoms with Gasteiger partial charge in [0.1, 0.15) is 17.2 Å². The van der Waals surface area contributed by atoms with Gasteiger partial charge in [0.2, 0.25) is 0 Å². The number of carbonyl (C=O) groups is 1. The summed E-state index contributed by atoms with van der Waals surface area (Å²) in [5.74, 6) is 0.258. The van der Waals surface area contributed by atoms with Crippen LogP contribution >= 0.6 is 0 Å². The number of nitrogens with one attached hydrogen (secondary N) is 2. The number of hydrogen-bond donors (Lipinski definition) is 2. The molecule has 0 aliphatic heterocycles. The molecule has 28 heavy (non-hydrogen) atoms. The van der Waals surface area contributed by atoms with E-state index in [9.17, 15) is 4.79 Å². The number of hydrazone groups is 1. The number of benzene rings is 2. The Morgan fingerprint density at radius 3 is 2.82 bits per heavy atom. The van der Waals surface area contributed by atoms with E-state index < -0.39 is 0 Å². The number of aromatic nitrogens is 2. The first kappa shape index (κ1) is 16.5. The van der Waals surface area contributed by atoms with Crippen LogP contribution in [0.5, 0.6) is 0 Å². The fraction of sp³-hybridized carbons (Fsp3) is 0.136. The van der Waals surface area contributed by atoms with Crippen LogP contribution in [0.15, 0.2) is 64.3 Å². The Kier molecular flexibility index (Phi) is 3.83. The minimum atomic E-state index is -0.351. The van der Waals surface area contributed by atoms with Gasteiger partial charge in [-0.25, -0.2) is 5.43 Å². The van der Waals surface area contributed by atoms with Crippen molar-refractivity contribution in [1.82, 2.24) is 15.6 Å². The lowest BCUT2D eigenvalue weighted by atomic mass is 9.98. The third-order valence-electron chi connectivity index (χ3n) is 5.18. The van der Waals surface area contributed by atoms with Crippen LogP contribution in [0.25, 0.3) is 22.0 Å². The third-order valence-corrected chi connectivity index (χ3v) is 5.18. The summed E-state index contributed by atoms with van der Waals surface area (Å²) in [5.41, 5.74) is 8.00. The number of carbonyl (C=O) groups excluding carboxylic acids is 1. The maximum absolute atomic E-state index is 12.4. The average molecular weight is 370 g/mol. The van der Waals surface area contributed by atoms with Gasteiger partial charge in [-0.15, -0.1) is 0 Å². The van der Waals surface area contributed by atoms with Crippen LogP contribution in [0.3, 0.4) is 0 Å². The standard InChI is InChI=1S/C22H18N4O2/c1-13(20-6-3-11-28-20)23-26-22(27)19-12-18(24-25-19)16-10-9-15-8-7-14-4-2-5-17(16)21(14)15/h2-6,9-12H,7-8H2,1H3,(H,24,25)(H,26,27)/b23-13-. The molecule has 4 aromatic rings. The van der Waals surface area contributed by atoms with Crippen molar-refractivity contribution in [1.29, 1.82) is 0 Å². The Bertz CT molecular complexity index is 1210. The van der Waals surface area contributed by atoms with Gasteiger partial charge in [0.15, 0.2) is 0 Å². The Morgan fingerprint density at radius 1 is 1.14 bits per heavy atom. The number of hydrogen-bond acceptors (Lipinski definition) is 4. The number of furan rings is 1. The molecule has 1 aliphatic rings. The zero-order valence-electron chi connectivity index (χ0n) is 15.3. The molecule has 0 unspecified atom stereocenters. The molecule has 138 valence electrons. The number of aromatic amines is 1. The van der Waals surface area contributed by atoms with Gasteiger partial charge < -0.3 is 4.42 Å². The molecule has 0 bridgehead atoms. The number of nitrogens with zero attached hydrogens (tertiary/aromatic N) is 2. The third kappa shape index (κ3) is 2.70. The molecule has 2 aromatic heterocycles. The van der Waals surface area contributed by atoms with E-state index in [1.54, 1.807) is 31.4 Å². The van der Waals surface area contributed by atoms with E-state index >= 15 is 0 Å². The summed E-state index contributed by atoms with van der Waals surface area (Å²) in [6, 6.07) is 16.0. The number of amides is 1. The molecule has 2 N–H and O–H groups in total. The van der Waals surface area contributed by atoms with Crippen LogP contribution in [0.2, 0.25) is 0 Å². The van der Waals surface area contributed by atoms with Crippen molar-refractivity contribution < 1.29 is 9.21 Å². The van der Waals surface area contributed by atoms with Gasteiger partial charge in [-0.05, 0) is 59.9 Å². The highest BCUT2D eigenvalue weighted by Gasteiger charge is 2.18. The quantitative estimate of drug-likeness (QED) is 0.419. The Balaban J connectivity index is 1.44. The zero-order valence-corrected chi connectivity index (χ0v) is 15.3. The van der Waals surface area contributed by atoms with Gasteiger partial charge in [-0.1, -0.05) is 30.3 Å². The highest BCUT2D eigenvalue weighted by atomic mass is 16.3. The highest BCUT2D eigenvalue weighted by Crippen LogP contribution is 2.36. The topological polar surface area (TPSA) is 83.3 Å². The van der Waals surface area contributed by atoms with Crippen LogP contribution in [0.1, 0.15) is 34.3 Å². The number of aryl methyl sites for hydroxylation is 2. The summed E-state index contributed by atoms with van der Waals surface area (Å²) in [7, 11) is 0. The van der Waals surface area contributed by atoms with E-state index in [1.165, 1.54) is 21.9 Å². The molecule has 0 saturated heterocycles. The van der Waals surface area contributed by atoms with Gasteiger partial charge in [-0.3, -0.25) is 9.89 Å². The van der Waals surface area contributed by atoms with E-state index in [0.717, 1.165) is 24.1 Å². The van der Waals surface area contributed by atoms with Crippen molar-refractivity contribution in [2.24, 2.45) is 5.10 Å². The molecule has 0 atom stereocenters. The molecule has 0 saturated carbocycles. The van der Waals surface area contributed by atoms with Gasteiger partial charge in [0.05, 0.1) is 12.0 Å². The smallest absolute Gasteiger partial charge is 0.289 e. The summed E-state index contributed by atoms with van der Waals surface area (Å²) in [4.78, 5) is 12.4. The molecule has 1 aliphatic carbocycles. The lowest BCUT2D eigenvalue weighted by Gasteiger charge is -2.06. The van der Waals surface area contributed by atoms with Crippen LogP contribution in [-0.4, -0.2) is 21.8 Å². The molecule has 2 heterocycles. The van der Waals surface area contributed by atoms with Crippen molar-refractivity contribution in [2.45, 2.75) is 19.8 Å². The van der Waals surface area contributed by atoms with Crippen LogP contribution in [-0.2, 0) is 12.8 Å². The predicted octanol–water partition coefficient (Wildman–Crippen LogP) is 4.08. The maximum atomic E-state index is 12.4. The molecular weight excluding hydrogens is 352 g/mol. The summed E-state index contributed by atoms with van der Waals surface area (Å²) >= 11 is 0. The molecule has 2 aromatic carbocycles. The first-order valence-corrected chi connectivity index (χ1v) is 9.18. The van der Waals surface area contributed by atoms with Crippen LogP contribution < -0.4 is 5.43 Å². The first-order valence-electron chi connectivity index (χ1n) is 9.18. The molecule has 0 fully saturated rings. The lowest BCUT2D eigenvalue weighted by molar-refractivity contribution is 0.0950. The summed E-state index contributed by atoms with van der Waals surface area (Å²) < 4.78 is 5.26. The number of rotatable bonds is 4. The molecule has 5 rings (SSSR count).